The molecule has 0 aromatic heterocycles. The first kappa shape index (κ1) is 21.5. The summed E-state index contributed by atoms with van der Waals surface area (Å²) in [5.41, 5.74) is 5.87. The molecule has 1 fully saturated rings. The molecule has 1 heterocycles. The van der Waals surface area contributed by atoms with Gasteiger partial charge in [-0.2, -0.15) is 0 Å². The minimum atomic E-state index is -0.0122. The third kappa shape index (κ3) is 4.60. The van der Waals surface area contributed by atoms with Crippen LogP contribution in [0, 0.1) is 0 Å². The maximum absolute atomic E-state index is 13.2. The number of benzene rings is 3. The predicted octanol–water partition coefficient (Wildman–Crippen LogP) is 6.19. The standard InChI is InChI=1S/C27H25ClN2O3/c28-21-2-1-3-23(15-21)29-22-8-6-18(7-9-22)19-4-5-20-16-30(27(32)26(20)14-19)24-10-12-25(13-11-24)33-17-31/h1-9,14-15,17,24-25,29H,10-13,16H2. The molecule has 1 amide bonds. The molecule has 5 rings (SSSR count). The molecule has 1 N–H and O–H groups in total. The summed E-state index contributed by atoms with van der Waals surface area (Å²) in [4.78, 5) is 25.8. The molecule has 1 aliphatic heterocycles. The first-order valence-electron chi connectivity index (χ1n) is 11.3. The molecular weight excluding hydrogens is 436 g/mol. The number of hydrogen-bond acceptors (Lipinski definition) is 4. The smallest absolute Gasteiger partial charge is 0.293 e. The molecule has 2 aliphatic rings. The summed E-state index contributed by atoms with van der Waals surface area (Å²) in [6.07, 6.45) is 3.34. The van der Waals surface area contributed by atoms with Crippen LogP contribution in [-0.4, -0.2) is 29.4 Å². The van der Waals surface area contributed by atoms with Crippen molar-refractivity contribution in [2.45, 2.75) is 44.4 Å². The summed E-state index contributed by atoms with van der Waals surface area (Å²) in [7, 11) is 0. The molecule has 3 aromatic rings. The van der Waals surface area contributed by atoms with Crippen molar-refractivity contribution in [1.29, 1.82) is 0 Å². The molecule has 1 aliphatic carbocycles. The highest BCUT2D eigenvalue weighted by atomic mass is 35.5. The lowest BCUT2D eigenvalue weighted by molar-refractivity contribution is -0.135. The summed E-state index contributed by atoms with van der Waals surface area (Å²) in [5, 5.41) is 4.04. The van der Waals surface area contributed by atoms with Crippen LogP contribution >= 0.6 is 11.6 Å². The third-order valence-electron chi connectivity index (χ3n) is 6.61. The molecule has 0 bridgehead atoms. The zero-order valence-corrected chi connectivity index (χ0v) is 18.9. The lowest BCUT2D eigenvalue weighted by Gasteiger charge is -2.33. The van der Waals surface area contributed by atoms with Crippen molar-refractivity contribution in [3.05, 3.63) is 82.9 Å². The SMILES string of the molecule is O=COC1CCC(N2Cc3ccc(-c4ccc(Nc5cccc(Cl)c5)cc4)cc3C2=O)CC1. The number of anilines is 2. The molecule has 0 saturated heterocycles. The summed E-state index contributed by atoms with van der Waals surface area (Å²) in [6, 6.07) is 22.2. The minimum Gasteiger partial charge on any atom is -0.465 e. The Morgan fingerprint density at radius 1 is 0.909 bits per heavy atom. The van der Waals surface area contributed by atoms with E-state index >= 15 is 0 Å². The highest BCUT2D eigenvalue weighted by Gasteiger charge is 2.35. The molecule has 0 unspecified atom stereocenters. The van der Waals surface area contributed by atoms with E-state index in [2.05, 4.69) is 29.6 Å². The van der Waals surface area contributed by atoms with Crippen molar-refractivity contribution in [3.63, 3.8) is 0 Å². The second kappa shape index (κ2) is 9.28. The van der Waals surface area contributed by atoms with Crippen LogP contribution in [0.2, 0.25) is 5.02 Å². The topological polar surface area (TPSA) is 58.6 Å². The van der Waals surface area contributed by atoms with Crippen molar-refractivity contribution < 1.29 is 14.3 Å². The minimum absolute atomic E-state index is 0.0122. The van der Waals surface area contributed by atoms with Crippen LogP contribution in [0.15, 0.2) is 66.7 Å². The summed E-state index contributed by atoms with van der Waals surface area (Å²) < 4.78 is 5.10. The molecule has 0 spiro atoms. The van der Waals surface area contributed by atoms with E-state index in [0.29, 0.717) is 18.0 Å². The van der Waals surface area contributed by atoms with Gasteiger partial charge < -0.3 is 15.0 Å². The largest absolute Gasteiger partial charge is 0.465 e. The van der Waals surface area contributed by atoms with Crippen molar-refractivity contribution in [2.24, 2.45) is 0 Å². The lowest BCUT2D eigenvalue weighted by Crippen LogP contribution is -2.39. The summed E-state index contributed by atoms with van der Waals surface area (Å²) >= 11 is 6.06. The lowest BCUT2D eigenvalue weighted by atomic mass is 9.92. The Balaban J connectivity index is 1.28. The molecule has 0 atom stereocenters. The number of hydrogen-bond donors (Lipinski definition) is 1. The average molecular weight is 461 g/mol. The van der Waals surface area contributed by atoms with Gasteiger partial charge in [0.25, 0.3) is 12.4 Å². The fourth-order valence-electron chi connectivity index (χ4n) is 4.85. The van der Waals surface area contributed by atoms with E-state index in [1.165, 1.54) is 0 Å². The van der Waals surface area contributed by atoms with Crippen LogP contribution in [0.1, 0.15) is 41.6 Å². The fourth-order valence-corrected chi connectivity index (χ4v) is 5.04. The molecule has 1 saturated carbocycles. The van der Waals surface area contributed by atoms with Crippen LogP contribution in [0.25, 0.3) is 11.1 Å². The number of fused-ring (bicyclic) bond motifs is 1. The van der Waals surface area contributed by atoms with E-state index in [9.17, 15) is 9.59 Å². The van der Waals surface area contributed by atoms with Crippen molar-refractivity contribution in [2.75, 3.05) is 5.32 Å². The van der Waals surface area contributed by atoms with Crippen LogP contribution in [0.3, 0.4) is 0 Å². The first-order valence-corrected chi connectivity index (χ1v) is 11.6. The van der Waals surface area contributed by atoms with Crippen LogP contribution in [0.5, 0.6) is 0 Å². The molecule has 33 heavy (non-hydrogen) atoms. The Kier molecular flexibility index (Phi) is 6.05. The Bertz CT molecular complexity index is 1170. The number of ether oxygens (including phenoxy) is 1. The third-order valence-corrected chi connectivity index (χ3v) is 6.84. The van der Waals surface area contributed by atoms with Gasteiger partial charge in [0.2, 0.25) is 0 Å². The molecule has 3 aromatic carbocycles. The van der Waals surface area contributed by atoms with Gasteiger partial charge in [-0.15, -0.1) is 0 Å². The Labute approximate surface area is 198 Å². The summed E-state index contributed by atoms with van der Waals surface area (Å²) in [6.45, 7) is 1.18. The predicted molar refractivity (Wildman–Crippen MR) is 130 cm³/mol. The van der Waals surface area contributed by atoms with Gasteiger partial charge in [0.05, 0.1) is 0 Å². The number of carbonyl (C=O) groups is 2. The highest BCUT2D eigenvalue weighted by molar-refractivity contribution is 6.30. The second-order valence-electron chi connectivity index (χ2n) is 8.68. The van der Waals surface area contributed by atoms with Crippen LogP contribution in [0.4, 0.5) is 11.4 Å². The number of nitrogens with one attached hydrogen (secondary N) is 1. The van der Waals surface area contributed by atoms with Gasteiger partial charge in [0, 0.05) is 34.5 Å². The maximum atomic E-state index is 13.2. The molecule has 168 valence electrons. The number of amides is 1. The van der Waals surface area contributed by atoms with E-state index in [1.807, 2.05) is 47.4 Å². The monoisotopic (exact) mass is 460 g/mol. The number of nitrogens with zero attached hydrogens (tertiary/aromatic N) is 1. The quantitative estimate of drug-likeness (QED) is 0.445. The van der Waals surface area contributed by atoms with Crippen LogP contribution in [-0.2, 0) is 16.1 Å². The van der Waals surface area contributed by atoms with Gasteiger partial charge in [-0.1, -0.05) is 41.9 Å². The second-order valence-corrected chi connectivity index (χ2v) is 9.12. The van der Waals surface area contributed by atoms with Gasteiger partial charge in [-0.25, -0.2) is 0 Å². The maximum Gasteiger partial charge on any atom is 0.293 e. The van der Waals surface area contributed by atoms with Gasteiger partial charge >= 0.3 is 0 Å². The average Bonchev–Trinajstić information content (AvgIpc) is 3.16. The Morgan fingerprint density at radius 3 is 2.39 bits per heavy atom. The fraction of sp³-hybridized carbons (Fsp3) is 0.259. The number of carbonyl (C=O) groups excluding carboxylic acids is 2. The van der Waals surface area contributed by atoms with E-state index in [4.69, 9.17) is 16.3 Å². The van der Waals surface area contributed by atoms with Gasteiger partial charge in [0.1, 0.15) is 6.10 Å². The zero-order chi connectivity index (χ0) is 22.8. The Morgan fingerprint density at radius 2 is 1.67 bits per heavy atom. The molecule has 0 radical (unpaired) electrons. The normalized spacial score (nSPS) is 19.8. The van der Waals surface area contributed by atoms with Crippen molar-refractivity contribution in [1.82, 2.24) is 4.90 Å². The number of halogens is 1. The van der Waals surface area contributed by atoms with Gasteiger partial charge in [0.15, 0.2) is 0 Å². The molecule has 5 nitrogen and oxygen atoms in total. The Hall–Kier alpha value is -3.31. The molecule has 6 heteroatoms. The zero-order valence-electron chi connectivity index (χ0n) is 18.2. The van der Waals surface area contributed by atoms with Gasteiger partial charge in [-0.05, 0) is 78.8 Å². The van der Waals surface area contributed by atoms with Crippen LogP contribution < -0.4 is 5.32 Å². The van der Waals surface area contributed by atoms with E-state index in [1.54, 1.807) is 0 Å². The van der Waals surface area contributed by atoms with Gasteiger partial charge in [-0.3, -0.25) is 9.59 Å². The summed E-state index contributed by atoms with van der Waals surface area (Å²) in [5.74, 6) is 0.103. The first-order chi connectivity index (χ1) is 16.1. The molecular formula is C27H25ClN2O3. The van der Waals surface area contributed by atoms with E-state index in [0.717, 1.165) is 59.3 Å². The van der Waals surface area contributed by atoms with Crippen molar-refractivity contribution in [3.8, 4) is 11.1 Å². The van der Waals surface area contributed by atoms with Crippen molar-refractivity contribution >= 4 is 35.4 Å². The highest BCUT2D eigenvalue weighted by Crippen LogP contribution is 2.34. The number of rotatable bonds is 6. The van der Waals surface area contributed by atoms with E-state index in [-0.39, 0.29) is 18.1 Å². The van der Waals surface area contributed by atoms with E-state index < -0.39 is 0 Å².